The molecule has 3 aromatic rings. The van der Waals surface area contributed by atoms with E-state index in [-0.39, 0.29) is 23.9 Å². The third-order valence-corrected chi connectivity index (χ3v) is 6.01. The Hall–Kier alpha value is -3.59. The van der Waals surface area contributed by atoms with Crippen molar-refractivity contribution in [3.05, 3.63) is 71.8 Å². The van der Waals surface area contributed by atoms with Crippen LogP contribution in [-0.2, 0) is 0 Å². The number of furan rings is 1. The Balaban J connectivity index is 1.69. The molecule has 6 heteroatoms. The molecule has 3 heterocycles. The van der Waals surface area contributed by atoms with Gasteiger partial charge in [-0.1, -0.05) is 44.2 Å². The molecular formula is C26H28N4O2. The van der Waals surface area contributed by atoms with Crippen molar-refractivity contribution in [2.24, 2.45) is 0 Å². The Morgan fingerprint density at radius 2 is 1.84 bits per heavy atom. The summed E-state index contributed by atoms with van der Waals surface area (Å²) in [6.45, 7) is 9.53. The SMILES string of the molecule is CC(C)c1nc(N2CC(C)N(C(=O)c3ccoc3)C(C)C2)c(C#N)cc1-c1ccccc1. The smallest absolute Gasteiger partial charge is 0.257 e. The predicted molar refractivity (Wildman–Crippen MR) is 124 cm³/mol. The number of rotatable bonds is 4. The van der Waals surface area contributed by atoms with Crippen molar-refractivity contribution in [2.75, 3.05) is 18.0 Å². The number of carbonyl (C=O) groups excluding carboxylic acids is 1. The fourth-order valence-electron chi connectivity index (χ4n) is 4.56. The Labute approximate surface area is 189 Å². The summed E-state index contributed by atoms with van der Waals surface area (Å²) in [5.41, 5.74) is 4.15. The molecule has 1 aliphatic heterocycles. The zero-order chi connectivity index (χ0) is 22.8. The van der Waals surface area contributed by atoms with Crippen LogP contribution in [0, 0.1) is 11.3 Å². The summed E-state index contributed by atoms with van der Waals surface area (Å²) in [6.07, 6.45) is 3.00. The van der Waals surface area contributed by atoms with Crippen LogP contribution in [0.1, 0.15) is 55.2 Å². The first-order chi connectivity index (χ1) is 15.4. The molecule has 0 N–H and O–H groups in total. The van der Waals surface area contributed by atoms with Crippen LogP contribution in [0.5, 0.6) is 0 Å². The van der Waals surface area contributed by atoms with E-state index in [1.54, 1.807) is 6.07 Å². The van der Waals surface area contributed by atoms with Crippen LogP contribution in [-0.4, -0.2) is 41.0 Å². The molecule has 1 fully saturated rings. The summed E-state index contributed by atoms with van der Waals surface area (Å²) in [7, 11) is 0. The van der Waals surface area contributed by atoms with E-state index in [2.05, 4.69) is 24.8 Å². The molecule has 0 saturated carbocycles. The number of carbonyl (C=O) groups is 1. The zero-order valence-corrected chi connectivity index (χ0v) is 18.9. The standard InChI is InChI=1S/C26H28N4O2/c1-17(2)24-23(20-8-6-5-7-9-20)12-22(13-27)25(28-24)29-14-18(3)30(19(4)15-29)26(31)21-10-11-32-16-21/h5-12,16-19H,14-15H2,1-4H3. The number of hydrogen-bond donors (Lipinski definition) is 0. The van der Waals surface area contributed by atoms with Gasteiger partial charge >= 0.3 is 0 Å². The lowest BCUT2D eigenvalue weighted by atomic mass is 9.95. The summed E-state index contributed by atoms with van der Waals surface area (Å²) in [6, 6.07) is 16.0. The first kappa shape index (κ1) is 21.6. The minimum absolute atomic E-state index is 0.0332. The average Bonchev–Trinajstić information content (AvgIpc) is 3.33. The van der Waals surface area contributed by atoms with Gasteiger partial charge in [0, 0.05) is 30.7 Å². The van der Waals surface area contributed by atoms with Gasteiger partial charge in [0.1, 0.15) is 18.2 Å². The molecule has 0 spiro atoms. The van der Waals surface area contributed by atoms with E-state index < -0.39 is 0 Å². The van der Waals surface area contributed by atoms with Crippen molar-refractivity contribution in [2.45, 2.75) is 45.7 Å². The maximum atomic E-state index is 13.0. The van der Waals surface area contributed by atoms with E-state index in [1.807, 2.05) is 55.1 Å². The van der Waals surface area contributed by atoms with Crippen LogP contribution in [0.25, 0.3) is 11.1 Å². The number of amides is 1. The largest absolute Gasteiger partial charge is 0.472 e. The minimum atomic E-state index is -0.0363. The van der Waals surface area contributed by atoms with Crippen LogP contribution in [0.15, 0.2) is 59.4 Å². The van der Waals surface area contributed by atoms with Gasteiger partial charge in [0.2, 0.25) is 0 Å². The van der Waals surface area contributed by atoms with E-state index in [4.69, 9.17) is 9.40 Å². The second kappa shape index (κ2) is 8.88. The highest BCUT2D eigenvalue weighted by Gasteiger charge is 2.35. The highest BCUT2D eigenvalue weighted by Crippen LogP contribution is 2.34. The maximum Gasteiger partial charge on any atom is 0.257 e. The fourth-order valence-corrected chi connectivity index (χ4v) is 4.56. The lowest BCUT2D eigenvalue weighted by Gasteiger charge is -2.45. The minimum Gasteiger partial charge on any atom is -0.472 e. The Kier molecular flexibility index (Phi) is 6.00. The second-order valence-electron chi connectivity index (χ2n) is 8.75. The lowest BCUT2D eigenvalue weighted by Crippen LogP contribution is -2.59. The van der Waals surface area contributed by atoms with Crippen LogP contribution in [0.4, 0.5) is 5.82 Å². The maximum absolute atomic E-state index is 13.0. The summed E-state index contributed by atoms with van der Waals surface area (Å²) in [5.74, 6) is 0.870. The normalized spacial score (nSPS) is 18.6. The lowest BCUT2D eigenvalue weighted by molar-refractivity contribution is 0.0573. The molecule has 1 aliphatic rings. The number of pyridine rings is 1. The van der Waals surface area contributed by atoms with Gasteiger partial charge in [0.25, 0.3) is 5.91 Å². The van der Waals surface area contributed by atoms with Gasteiger partial charge in [-0.25, -0.2) is 4.98 Å². The van der Waals surface area contributed by atoms with E-state index in [1.165, 1.54) is 12.5 Å². The van der Waals surface area contributed by atoms with Gasteiger partial charge in [0.15, 0.2) is 0 Å². The van der Waals surface area contributed by atoms with Crippen molar-refractivity contribution in [3.8, 4) is 17.2 Å². The summed E-state index contributed by atoms with van der Waals surface area (Å²) in [4.78, 5) is 22.0. The number of piperazine rings is 1. The van der Waals surface area contributed by atoms with Crippen molar-refractivity contribution in [3.63, 3.8) is 0 Å². The molecule has 1 amide bonds. The van der Waals surface area contributed by atoms with Crippen LogP contribution in [0.2, 0.25) is 0 Å². The highest BCUT2D eigenvalue weighted by molar-refractivity contribution is 5.94. The molecule has 0 radical (unpaired) electrons. The summed E-state index contributed by atoms with van der Waals surface area (Å²) >= 11 is 0. The van der Waals surface area contributed by atoms with Crippen LogP contribution < -0.4 is 4.90 Å². The van der Waals surface area contributed by atoms with Crippen molar-refractivity contribution in [1.29, 1.82) is 5.26 Å². The molecular weight excluding hydrogens is 400 g/mol. The average molecular weight is 429 g/mol. The third-order valence-electron chi connectivity index (χ3n) is 6.01. The molecule has 6 nitrogen and oxygen atoms in total. The fraction of sp³-hybridized carbons (Fsp3) is 0.346. The molecule has 4 rings (SSSR count). The monoisotopic (exact) mass is 428 g/mol. The van der Waals surface area contributed by atoms with Crippen LogP contribution >= 0.6 is 0 Å². The number of aromatic nitrogens is 1. The molecule has 0 aliphatic carbocycles. The molecule has 164 valence electrons. The topological polar surface area (TPSA) is 73.4 Å². The summed E-state index contributed by atoms with van der Waals surface area (Å²) < 4.78 is 5.10. The van der Waals surface area contributed by atoms with Crippen molar-refractivity contribution < 1.29 is 9.21 Å². The van der Waals surface area contributed by atoms with Gasteiger partial charge in [-0.2, -0.15) is 5.26 Å². The quantitative estimate of drug-likeness (QED) is 0.580. The first-order valence-corrected chi connectivity index (χ1v) is 11.0. The van der Waals surface area contributed by atoms with Gasteiger partial charge in [0.05, 0.1) is 23.1 Å². The summed E-state index contributed by atoms with van der Waals surface area (Å²) in [5, 5.41) is 9.96. The number of nitrogens with zero attached hydrogens (tertiary/aromatic N) is 4. The number of benzene rings is 1. The Morgan fingerprint density at radius 3 is 2.41 bits per heavy atom. The van der Waals surface area contributed by atoms with Gasteiger partial charge in [-0.15, -0.1) is 0 Å². The number of anilines is 1. The van der Waals surface area contributed by atoms with Crippen LogP contribution in [0.3, 0.4) is 0 Å². The van der Waals surface area contributed by atoms with Crippen molar-refractivity contribution in [1.82, 2.24) is 9.88 Å². The second-order valence-corrected chi connectivity index (χ2v) is 8.75. The molecule has 2 unspecified atom stereocenters. The first-order valence-electron chi connectivity index (χ1n) is 11.0. The molecule has 0 bridgehead atoms. The van der Waals surface area contributed by atoms with E-state index >= 15 is 0 Å². The third kappa shape index (κ3) is 3.99. The number of hydrogen-bond acceptors (Lipinski definition) is 5. The highest BCUT2D eigenvalue weighted by atomic mass is 16.3. The van der Waals surface area contributed by atoms with Gasteiger partial charge in [-0.3, -0.25) is 4.79 Å². The molecule has 1 saturated heterocycles. The molecule has 1 aromatic carbocycles. The van der Waals surface area contributed by atoms with Gasteiger partial charge < -0.3 is 14.2 Å². The Bertz CT molecular complexity index is 1120. The zero-order valence-electron chi connectivity index (χ0n) is 18.9. The van der Waals surface area contributed by atoms with E-state index in [9.17, 15) is 10.1 Å². The van der Waals surface area contributed by atoms with E-state index in [0.29, 0.717) is 30.0 Å². The van der Waals surface area contributed by atoms with E-state index in [0.717, 1.165) is 16.8 Å². The Morgan fingerprint density at radius 1 is 1.16 bits per heavy atom. The molecule has 2 atom stereocenters. The predicted octanol–water partition coefficient (Wildman–Crippen LogP) is 5.08. The molecule has 2 aromatic heterocycles. The number of nitriles is 1. The van der Waals surface area contributed by atoms with Crippen molar-refractivity contribution >= 4 is 11.7 Å². The van der Waals surface area contributed by atoms with Gasteiger partial charge in [-0.05, 0) is 37.5 Å². The molecule has 32 heavy (non-hydrogen) atoms.